The van der Waals surface area contributed by atoms with E-state index in [-0.39, 0.29) is 12.0 Å². The van der Waals surface area contributed by atoms with Gasteiger partial charge in [-0.15, -0.1) is 0 Å². The summed E-state index contributed by atoms with van der Waals surface area (Å²) in [5.74, 6) is 0.950. The zero-order chi connectivity index (χ0) is 28.9. The van der Waals surface area contributed by atoms with Crippen LogP contribution in [0.3, 0.4) is 0 Å². The lowest BCUT2D eigenvalue weighted by Gasteiger charge is -2.24. The van der Waals surface area contributed by atoms with Crippen LogP contribution in [0.25, 0.3) is 0 Å². The third kappa shape index (κ3) is 9.15. The minimum absolute atomic E-state index is 0.217. The predicted octanol–water partition coefficient (Wildman–Crippen LogP) is 8.61. The van der Waals surface area contributed by atoms with E-state index in [0.29, 0.717) is 36.8 Å². The highest BCUT2D eigenvalue weighted by molar-refractivity contribution is 7.99. The van der Waals surface area contributed by atoms with Gasteiger partial charge in [0, 0.05) is 28.4 Å². The molecule has 0 saturated heterocycles. The first kappa shape index (κ1) is 29.7. The summed E-state index contributed by atoms with van der Waals surface area (Å²) in [5, 5.41) is 3.06. The molecule has 0 unspecified atom stereocenters. The van der Waals surface area contributed by atoms with Gasteiger partial charge < -0.3 is 14.8 Å². The average molecular weight is 569 g/mol. The summed E-state index contributed by atoms with van der Waals surface area (Å²) in [4.78, 5) is 29.2. The molecular weight excluding hydrogens is 532 g/mol. The second-order valence-electron chi connectivity index (χ2n) is 9.40. The van der Waals surface area contributed by atoms with Gasteiger partial charge in [0.1, 0.15) is 11.5 Å². The van der Waals surface area contributed by atoms with Crippen molar-refractivity contribution in [3.05, 3.63) is 109 Å². The average Bonchev–Trinajstić information content (AvgIpc) is 2.98. The first-order chi connectivity index (χ1) is 20.1. The molecule has 4 rings (SSSR count). The quantitative estimate of drug-likeness (QED) is 0.129. The fourth-order valence-electron chi connectivity index (χ4n) is 4.28. The zero-order valence-electron chi connectivity index (χ0n) is 23.5. The van der Waals surface area contributed by atoms with Crippen LogP contribution >= 0.6 is 11.8 Å². The number of carbonyl (C=O) groups is 2. The molecule has 2 amide bonds. The van der Waals surface area contributed by atoms with Crippen LogP contribution in [0.15, 0.2) is 113 Å². The zero-order valence-corrected chi connectivity index (χ0v) is 24.4. The van der Waals surface area contributed by atoms with Gasteiger partial charge in [0.15, 0.2) is 0 Å². The second-order valence-corrected chi connectivity index (χ2v) is 10.5. The number of anilines is 2. The van der Waals surface area contributed by atoms with Crippen LogP contribution in [0.4, 0.5) is 16.2 Å². The van der Waals surface area contributed by atoms with Crippen LogP contribution in [0, 0.1) is 0 Å². The van der Waals surface area contributed by atoms with E-state index in [0.717, 1.165) is 34.7 Å². The van der Waals surface area contributed by atoms with Crippen molar-refractivity contribution < 1.29 is 19.1 Å². The molecule has 212 valence electrons. The van der Waals surface area contributed by atoms with Gasteiger partial charge in [0.05, 0.1) is 12.3 Å². The predicted molar refractivity (Wildman–Crippen MR) is 166 cm³/mol. The minimum Gasteiger partial charge on any atom is -0.492 e. The first-order valence-corrected chi connectivity index (χ1v) is 14.8. The van der Waals surface area contributed by atoms with E-state index in [1.165, 1.54) is 5.56 Å². The van der Waals surface area contributed by atoms with Crippen molar-refractivity contribution >= 4 is 35.1 Å². The van der Waals surface area contributed by atoms with Crippen LogP contribution in [-0.4, -0.2) is 25.2 Å². The number of esters is 1. The topological polar surface area (TPSA) is 67.9 Å². The van der Waals surface area contributed by atoms with Gasteiger partial charge in [-0.2, -0.15) is 0 Å². The van der Waals surface area contributed by atoms with E-state index in [2.05, 4.69) is 17.4 Å². The van der Waals surface area contributed by atoms with Crippen molar-refractivity contribution in [1.29, 1.82) is 0 Å². The van der Waals surface area contributed by atoms with Crippen molar-refractivity contribution in [3.8, 4) is 11.5 Å². The molecule has 0 aliphatic carbocycles. The molecule has 0 atom stereocenters. The highest BCUT2D eigenvalue weighted by Gasteiger charge is 2.18. The highest BCUT2D eigenvalue weighted by atomic mass is 32.2. The Labute approximate surface area is 246 Å². The van der Waals surface area contributed by atoms with Crippen molar-refractivity contribution in [1.82, 2.24) is 0 Å². The Morgan fingerprint density at radius 1 is 0.829 bits per heavy atom. The summed E-state index contributed by atoms with van der Waals surface area (Å²) < 4.78 is 11.1. The lowest BCUT2D eigenvalue weighted by atomic mass is 10.1. The van der Waals surface area contributed by atoms with Crippen LogP contribution in [0.2, 0.25) is 0 Å². The lowest BCUT2D eigenvalue weighted by Crippen LogP contribution is -2.36. The second kappa shape index (κ2) is 15.5. The van der Waals surface area contributed by atoms with E-state index < -0.39 is 0 Å². The van der Waals surface area contributed by atoms with E-state index in [9.17, 15) is 9.59 Å². The van der Waals surface area contributed by atoms with Gasteiger partial charge >= 0.3 is 12.0 Å². The number of nitrogens with zero attached hydrogens (tertiary/aromatic N) is 1. The highest BCUT2D eigenvalue weighted by Crippen LogP contribution is 2.32. The molecule has 0 aliphatic rings. The molecule has 4 aromatic carbocycles. The number of hydrogen-bond acceptors (Lipinski definition) is 5. The summed E-state index contributed by atoms with van der Waals surface area (Å²) in [6.07, 6.45) is 2.82. The van der Waals surface area contributed by atoms with Gasteiger partial charge in [-0.05, 0) is 86.3 Å². The maximum Gasteiger partial charge on any atom is 0.326 e. The van der Waals surface area contributed by atoms with Gasteiger partial charge in [-0.3, -0.25) is 9.69 Å². The number of hydrogen-bond donors (Lipinski definition) is 1. The van der Waals surface area contributed by atoms with Crippen molar-refractivity contribution in [3.63, 3.8) is 0 Å². The maximum absolute atomic E-state index is 13.7. The fraction of sp³-hybridized carbons (Fsp3) is 0.235. The van der Waals surface area contributed by atoms with Gasteiger partial charge in [-0.25, -0.2) is 4.79 Å². The summed E-state index contributed by atoms with van der Waals surface area (Å²) in [6.45, 7) is 4.92. The Bertz CT molecular complexity index is 1410. The van der Waals surface area contributed by atoms with E-state index >= 15 is 0 Å². The number of nitrogens with one attached hydrogen (secondary N) is 1. The monoisotopic (exact) mass is 568 g/mol. The largest absolute Gasteiger partial charge is 0.492 e. The molecule has 0 heterocycles. The number of amides is 2. The van der Waals surface area contributed by atoms with Gasteiger partial charge in [0.2, 0.25) is 0 Å². The van der Waals surface area contributed by atoms with Crippen molar-refractivity contribution in [2.75, 3.05) is 23.4 Å². The smallest absolute Gasteiger partial charge is 0.326 e. The molecule has 0 aliphatic heterocycles. The van der Waals surface area contributed by atoms with Crippen LogP contribution in [0.5, 0.6) is 11.5 Å². The van der Waals surface area contributed by atoms with E-state index in [1.807, 2.05) is 92.7 Å². The number of para-hydroxylation sites is 2. The molecule has 1 N–H and O–H groups in total. The van der Waals surface area contributed by atoms with Crippen LogP contribution in [-0.2, 0) is 11.2 Å². The third-order valence-corrected chi connectivity index (χ3v) is 7.24. The summed E-state index contributed by atoms with van der Waals surface area (Å²) in [5.41, 5.74) is 2.68. The Kier molecular flexibility index (Phi) is 11.3. The third-order valence-electron chi connectivity index (χ3n) is 6.24. The number of rotatable bonds is 13. The lowest BCUT2D eigenvalue weighted by molar-refractivity contribution is -0.134. The van der Waals surface area contributed by atoms with Gasteiger partial charge in [0.25, 0.3) is 0 Å². The van der Waals surface area contributed by atoms with E-state index in [1.54, 1.807) is 28.8 Å². The molecule has 6 nitrogen and oxygen atoms in total. The minimum atomic E-state index is -0.227. The fourth-order valence-corrected chi connectivity index (χ4v) is 5.15. The molecule has 0 fully saturated rings. The molecule has 0 radical (unpaired) electrons. The van der Waals surface area contributed by atoms with Crippen molar-refractivity contribution in [2.45, 2.75) is 49.3 Å². The van der Waals surface area contributed by atoms with Gasteiger partial charge in [-0.1, -0.05) is 67.2 Å². The maximum atomic E-state index is 13.7. The summed E-state index contributed by atoms with van der Waals surface area (Å²) >= 11 is 1.58. The number of urea groups is 1. The summed E-state index contributed by atoms with van der Waals surface area (Å²) in [7, 11) is 0. The molecule has 7 heteroatoms. The van der Waals surface area contributed by atoms with E-state index in [4.69, 9.17) is 9.47 Å². The Hall–Kier alpha value is -4.23. The molecule has 4 aromatic rings. The SMILES string of the molecule is CCCC(=O)Oc1ccc(Sc2cccc(N(CCCc3ccccc3)C(=O)Nc3ccccc3OCC)c2)cc1. The van der Waals surface area contributed by atoms with Crippen LogP contribution < -0.4 is 19.7 Å². The Balaban J connectivity index is 1.51. The number of benzene rings is 4. The molecule has 0 bridgehead atoms. The number of aryl methyl sites for hydroxylation is 1. The molecular formula is C34H36N2O4S. The number of carbonyl (C=O) groups excluding carboxylic acids is 2. The molecule has 0 aromatic heterocycles. The first-order valence-electron chi connectivity index (χ1n) is 14.0. The Morgan fingerprint density at radius 2 is 1.59 bits per heavy atom. The standard InChI is InChI=1S/C34H36N2O4S/c1-3-12-33(37)40-28-20-22-29(23-21-28)41-30-17-10-16-27(25-30)36(24-11-15-26-13-6-5-7-14-26)34(38)35-31-18-8-9-19-32(31)39-4-2/h5-10,13-14,16-23,25H,3-4,11-12,15,24H2,1-2H3,(H,35,38). The molecule has 0 spiro atoms. The number of ether oxygens (including phenoxy) is 2. The molecule has 0 saturated carbocycles. The molecule has 41 heavy (non-hydrogen) atoms. The normalized spacial score (nSPS) is 10.6. The van der Waals surface area contributed by atoms with Crippen LogP contribution in [0.1, 0.15) is 38.7 Å². The van der Waals surface area contributed by atoms with Crippen molar-refractivity contribution in [2.24, 2.45) is 0 Å². The Morgan fingerprint density at radius 3 is 2.34 bits per heavy atom. The summed E-state index contributed by atoms with van der Waals surface area (Å²) in [6, 6.07) is 33.0.